The first-order valence-corrected chi connectivity index (χ1v) is 7.44. The molecular weight excluding hydrogens is 274 g/mol. The highest BCUT2D eigenvalue weighted by atomic mass is 19.3. The first-order chi connectivity index (χ1) is 10.0. The van der Waals surface area contributed by atoms with Crippen molar-refractivity contribution >= 4 is 0 Å². The van der Waals surface area contributed by atoms with Crippen LogP contribution < -0.4 is 10.1 Å². The minimum absolute atomic E-state index is 0.203. The maximum absolute atomic E-state index is 12.1. The molecule has 1 fully saturated rings. The van der Waals surface area contributed by atoms with Crippen LogP contribution in [0.5, 0.6) is 5.75 Å². The van der Waals surface area contributed by atoms with Crippen LogP contribution in [-0.4, -0.2) is 37.7 Å². The van der Waals surface area contributed by atoms with Crippen molar-refractivity contribution in [3.63, 3.8) is 0 Å². The molecule has 0 atom stereocenters. The molecule has 3 nitrogen and oxygen atoms in total. The summed E-state index contributed by atoms with van der Waals surface area (Å²) in [4.78, 5) is 2.33. The summed E-state index contributed by atoms with van der Waals surface area (Å²) in [6, 6.07) is 6.81. The van der Waals surface area contributed by atoms with Crippen molar-refractivity contribution in [3.8, 4) is 5.75 Å². The van der Waals surface area contributed by atoms with Crippen LogP contribution in [0.1, 0.15) is 31.2 Å². The highest BCUT2D eigenvalue weighted by Crippen LogP contribution is 2.33. The number of nitrogens with zero attached hydrogens (tertiary/aromatic N) is 1. The number of hydrogen-bond acceptors (Lipinski definition) is 3. The zero-order valence-electron chi connectivity index (χ0n) is 12.7. The van der Waals surface area contributed by atoms with Crippen LogP contribution in [0.15, 0.2) is 24.3 Å². The smallest absolute Gasteiger partial charge is 0.387 e. The average molecular weight is 298 g/mol. The van der Waals surface area contributed by atoms with Gasteiger partial charge in [0, 0.05) is 18.6 Å². The minimum Gasteiger partial charge on any atom is -0.435 e. The Morgan fingerprint density at radius 1 is 1.19 bits per heavy atom. The first kappa shape index (κ1) is 16.2. The van der Waals surface area contributed by atoms with Crippen molar-refractivity contribution in [1.29, 1.82) is 0 Å². The van der Waals surface area contributed by atoms with Gasteiger partial charge in [-0.15, -0.1) is 0 Å². The number of likely N-dealkylation sites (N-methyl/N-ethyl adjacent to an activating group) is 1. The molecule has 0 radical (unpaired) electrons. The van der Waals surface area contributed by atoms with Gasteiger partial charge in [0.1, 0.15) is 5.75 Å². The Morgan fingerprint density at radius 3 is 2.33 bits per heavy atom. The topological polar surface area (TPSA) is 24.5 Å². The van der Waals surface area contributed by atoms with Gasteiger partial charge in [0.25, 0.3) is 0 Å². The zero-order chi connectivity index (χ0) is 15.3. The van der Waals surface area contributed by atoms with Gasteiger partial charge in [-0.3, -0.25) is 0 Å². The van der Waals surface area contributed by atoms with Crippen LogP contribution in [0.3, 0.4) is 0 Å². The SMILES string of the molecule is CN(C)C1(CNCc2ccc(OC(F)F)cc2)CCCC1. The molecule has 5 heteroatoms. The molecule has 1 N–H and O–H groups in total. The van der Waals surface area contributed by atoms with Crippen molar-refractivity contribution in [2.24, 2.45) is 0 Å². The van der Waals surface area contributed by atoms with E-state index in [4.69, 9.17) is 0 Å². The lowest BCUT2D eigenvalue weighted by Crippen LogP contribution is -2.49. The Balaban J connectivity index is 1.83. The molecule has 0 aromatic heterocycles. The number of ether oxygens (including phenoxy) is 1. The summed E-state index contributed by atoms with van der Waals surface area (Å²) in [6.07, 6.45) is 5.04. The third kappa shape index (κ3) is 4.38. The molecule has 0 spiro atoms. The number of rotatable bonds is 7. The van der Waals surface area contributed by atoms with E-state index >= 15 is 0 Å². The van der Waals surface area contributed by atoms with E-state index in [1.54, 1.807) is 12.1 Å². The van der Waals surface area contributed by atoms with Crippen LogP contribution in [0, 0.1) is 0 Å². The predicted octanol–water partition coefficient (Wildman–Crippen LogP) is 3.25. The van der Waals surface area contributed by atoms with E-state index in [2.05, 4.69) is 29.0 Å². The lowest BCUT2D eigenvalue weighted by Gasteiger charge is -2.36. The number of nitrogens with one attached hydrogen (secondary N) is 1. The Hall–Kier alpha value is -1.20. The standard InChI is InChI=1S/C16H24F2N2O/c1-20(2)16(9-3-4-10-16)12-19-11-13-5-7-14(8-6-13)21-15(17)18/h5-8,15,19H,3-4,9-12H2,1-2H3. The predicted molar refractivity (Wildman–Crippen MR) is 79.7 cm³/mol. The third-order valence-electron chi connectivity index (χ3n) is 4.41. The van der Waals surface area contributed by atoms with Gasteiger partial charge in [0.2, 0.25) is 0 Å². The minimum atomic E-state index is -2.77. The Bertz CT molecular complexity index is 428. The van der Waals surface area contributed by atoms with Gasteiger partial charge in [0.05, 0.1) is 0 Å². The second-order valence-electron chi connectivity index (χ2n) is 5.95. The van der Waals surface area contributed by atoms with E-state index in [0.717, 1.165) is 18.7 Å². The normalized spacial score (nSPS) is 17.6. The number of alkyl halides is 2. The molecule has 1 aromatic carbocycles. The molecule has 0 heterocycles. The van der Waals surface area contributed by atoms with Crippen molar-refractivity contribution in [2.45, 2.75) is 44.4 Å². The quantitative estimate of drug-likeness (QED) is 0.836. The second-order valence-corrected chi connectivity index (χ2v) is 5.95. The average Bonchev–Trinajstić information content (AvgIpc) is 2.90. The fraction of sp³-hybridized carbons (Fsp3) is 0.625. The van der Waals surface area contributed by atoms with Gasteiger partial charge >= 0.3 is 6.61 Å². The fourth-order valence-corrected chi connectivity index (χ4v) is 3.04. The summed E-state index contributed by atoms with van der Waals surface area (Å²) >= 11 is 0. The molecule has 118 valence electrons. The molecule has 1 aromatic rings. The molecule has 1 saturated carbocycles. The summed E-state index contributed by atoms with van der Waals surface area (Å²) in [6.45, 7) is -1.07. The van der Waals surface area contributed by atoms with Gasteiger partial charge in [-0.2, -0.15) is 8.78 Å². The molecule has 21 heavy (non-hydrogen) atoms. The second kappa shape index (κ2) is 7.18. The lowest BCUT2D eigenvalue weighted by molar-refractivity contribution is -0.0498. The monoisotopic (exact) mass is 298 g/mol. The van der Waals surface area contributed by atoms with Crippen molar-refractivity contribution < 1.29 is 13.5 Å². The molecule has 1 aliphatic rings. The van der Waals surface area contributed by atoms with Crippen molar-refractivity contribution in [1.82, 2.24) is 10.2 Å². The first-order valence-electron chi connectivity index (χ1n) is 7.44. The third-order valence-corrected chi connectivity index (χ3v) is 4.41. The molecule has 0 unspecified atom stereocenters. The van der Waals surface area contributed by atoms with Crippen molar-refractivity contribution in [2.75, 3.05) is 20.6 Å². The van der Waals surface area contributed by atoms with Crippen LogP contribution in [-0.2, 0) is 6.54 Å². The van der Waals surface area contributed by atoms with E-state index in [1.807, 2.05) is 12.1 Å². The molecule has 1 aliphatic carbocycles. The highest BCUT2D eigenvalue weighted by molar-refractivity contribution is 5.27. The zero-order valence-corrected chi connectivity index (χ0v) is 12.7. The summed E-state index contributed by atoms with van der Waals surface area (Å²) in [5.74, 6) is 0.203. The molecule has 0 bridgehead atoms. The van der Waals surface area contributed by atoms with E-state index < -0.39 is 6.61 Å². The van der Waals surface area contributed by atoms with Crippen molar-refractivity contribution in [3.05, 3.63) is 29.8 Å². The van der Waals surface area contributed by atoms with E-state index in [1.165, 1.54) is 25.7 Å². The number of halogens is 2. The maximum Gasteiger partial charge on any atom is 0.387 e. The molecule has 2 rings (SSSR count). The van der Waals surface area contributed by atoms with E-state index in [9.17, 15) is 8.78 Å². The summed E-state index contributed by atoms with van der Waals surface area (Å²) in [7, 11) is 4.28. The number of hydrogen-bond donors (Lipinski definition) is 1. The van der Waals surface area contributed by atoms with Crippen LogP contribution >= 0.6 is 0 Å². The Labute approximate surface area is 125 Å². The fourth-order valence-electron chi connectivity index (χ4n) is 3.04. The largest absolute Gasteiger partial charge is 0.435 e. The van der Waals surface area contributed by atoms with Crippen LogP contribution in [0.25, 0.3) is 0 Å². The van der Waals surface area contributed by atoms with E-state index in [0.29, 0.717) is 0 Å². The molecule has 0 aliphatic heterocycles. The van der Waals surface area contributed by atoms with Gasteiger partial charge in [0.15, 0.2) is 0 Å². The maximum atomic E-state index is 12.1. The summed E-state index contributed by atoms with van der Waals surface area (Å²) in [5.41, 5.74) is 1.34. The Morgan fingerprint density at radius 2 is 1.81 bits per heavy atom. The number of benzene rings is 1. The van der Waals surface area contributed by atoms with Gasteiger partial charge in [-0.05, 0) is 44.6 Å². The van der Waals surface area contributed by atoms with Crippen LogP contribution in [0.4, 0.5) is 8.78 Å². The molecule has 0 saturated heterocycles. The highest BCUT2D eigenvalue weighted by Gasteiger charge is 2.35. The summed E-state index contributed by atoms with van der Waals surface area (Å²) < 4.78 is 28.5. The summed E-state index contributed by atoms with van der Waals surface area (Å²) in [5, 5.41) is 3.50. The molecular formula is C16H24F2N2O. The molecule has 0 amide bonds. The van der Waals surface area contributed by atoms with Gasteiger partial charge < -0.3 is 15.0 Å². The lowest BCUT2D eigenvalue weighted by atomic mass is 9.96. The van der Waals surface area contributed by atoms with Gasteiger partial charge in [-0.1, -0.05) is 25.0 Å². The van der Waals surface area contributed by atoms with E-state index in [-0.39, 0.29) is 11.3 Å². The van der Waals surface area contributed by atoms with Gasteiger partial charge in [-0.25, -0.2) is 0 Å². The van der Waals surface area contributed by atoms with Crippen LogP contribution in [0.2, 0.25) is 0 Å². The Kier molecular flexibility index (Phi) is 5.53.